The molecular formula is C20H24FN2O2+. The third-order valence-electron chi connectivity index (χ3n) is 4.11. The molecule has 5 heteroatoms. The fourth-order valence-electron chi connectivity index (χ4n) is 2.81. The maximum atomic E-state index is 13.1. The Morgan fingerprint density at radius 3 is 2.32 bits per heavy atom. The van der Waals surface area contributed by atoms with Gasteiger partial charge in [-0.2, -0.15) is 0 Å². The van der Waals surface area contributed by atoms with E-state index in [-0.39, 0.29) is 36.0 Å². The summed E-state index contributed by atoms with van der Waals surface area (Å²) in [4.78, 5) is 23.9. The van der Waals surface area contributed by atoms with Gasteiger partial charge in [-0.25, -0.2) is 4.39 Å². The molecule has 1 atom stereocenters. The van der Waals surface area contributed by atoms with E-state index in [4.69, 9.17) is 0 Å². The molecule has 2 aromatic rings. The number of nitrogens with two attached hydrogens (primary N) is 1. The number of ketones is 1. The van der Waals surface area contributed by atoms with E-state index in [0.717, 1.165) is 5.56 Å². The number of quaternary nitrogens is 1. The quantitative estimate of drug-likeness (QED) is 0.759. The molecule has 3 N–H and O–H groups in total. The van der Waals surface area contributed by atoms with Crippen molar-refractivity contribution in [2.24, 2.45) is 5.92 Å². The van der Waals surface area contributed by atoms with Crippen molar-refractivity contribution in [1.29, 1.82) is 0 Å². The Balaban J connectivity index is 2.02. The van der Waals surface area contributed by atoms with E-state index in [0.29, 0.717) is 11.3 Å². The first-order valence-corrected chi connectivity index (χ1v) is 8.37. The Kier molecular flexibility index (Phi) is 6.42. The fourth-order valence-corrected chi connectivity index (χ4v) is 2.81. The summed E-state index contributed by atoms with van der Waals surface area (Å²) in [7, 11) is 0. The molecule has 0 aliphatic carbocycles. The summed E-state index contributed by atoms with van der Waals surface area (Å²) in [6.45, 7) is 5.81. The number of anilines is 1. The third-order valence-corrected chi connectivity index (χ3v) is 4.11. The Labute approximate surface area is 147 Å². The number of halogens is 1. The minimum Gasteiger partial charge on any atom is -0.332 e. The van der Waals surface area contributed by atoms with Gasteiger partial charge in [0, 0.05) is 17.0 Å². The average molecular weight is 343 g/mol. The topological polar surface area (TPSA) is 62.8 Å². The first-order chi connectivity index (χ1) is 11.9. The monoisotopic (exact) mass is 343 g/mol. The normalized spacial score (nSPS) is 12.0. The minimum absolute atomic E-state index is 0.0504. The fraction of sp³-hybridized carbons (Fsp3) is 0.300. The van der Waals surface area contributed by atoms with Crippen LogP contribution in [0.25, 0.3) is 0 Å². The van der Waals surface area contributed by atoms with Gasteiger partial charge in [0.2, 0.25) is 0 Å². The van der Waals surface area contributed by atoms with Crippen molar-refractivity contribution in [3.8, 4) is 0 Å². The summed E-state index contributed by atoms with van der Waals surface area (Å²) in [5, 5.41) is 4.73. The Hall–Kier alpha value is -2.53. The van der Waals surface area contributed by atoms with Gasteiger partial charge in [-0.1, -0.05) is 38.1 Å². The summed E-state index contributed by atoms with van der Waals surface area (Å²) < 4.78 is 13.1. The van der Waals surface area contributed by atoms with Crippen molar-refractivity contribution in [3.63, 3.8) is 0 Å². The number of rotatable bonds is 7. The second kappa shape index (κ2) is 8.53. The summed E-state index contributed by atoms with van der Waals surface area (Å²) in [5.74, 6) is -0.264. The van der Waals surface area contributed by atoms with Crippen LogP contribution < -0.4 is 10.6 Å². The molecule has 0 saturated carbocycles. The molecule has 132 valence electrons. The van der Waals surface area contributed by atoms with Crippen molar-refractivity contribution < 1.29 is 19.3 Å². The van der Waals surface area contributed by atoms with Crippen LogP contribution in [-0.4, -0.2) is 18.2 Å². The van der Waals surface area contributed by atoms with Gasteiger partial charge >= 0.3 is 0 Å². The van der Waals surface area contributed by atoms with E-state index in [1.54, 1.807) is 36.4 Å². The molecule has 2 aromatic carbocycles. The predicted molar refractivity (Wildman–Crippen MR) is 95.8 cm³/mol. The van der Waals surface area contributed by atoms with Gasteiger partial charge in [0.15, 0.2) is 12.3 Å². The molecule has 0 saturated heterocycles. The van der Waals surface area contributed by atoms with Crippen LogP contribution in [0.2, 0.25) is 0 Å². The number of Topliss-reactive ketones (excluding diaryl/α,β-unsaturated/α-hetero) is 1. The molecule has 0 radical (unpaired) electrons. The SMILES string of the molecule is CC(=O)c1ccccc1NC(=O)C[NH2+][C@@H](c1ccc(F)cc1)C(C)C. The third kappa shape index (κ3) is 5.22. The van der Waals surface area contributed by atoms with Gasteiger partial charge in [0.05, 0.1) is 5.69 Å². The lowest BCUT2D eigenvalue weighted by Crippen LogP contribution is -2.88. The Bertz CT molecular complexity index is 742. The van der Waals surface area contributed by atoms with Crippen LogP contribution in [0.4, 0.5) is 10.1 Å². The highest BCUT2D eigenvalue weighted by atomic mass is 19.1. The van der Waals surface area contributed by atoms with E-state index in [1.165, 1.54) is 19.1 Å². The lowest BCUT2D eigenvalue weighted by molar-refractivity contribution is -0.692. The Morgan fingerprint density at radius 1 is 1.08 bits per heavy atom. The first-order valence-electron chi connectivity index (χ1n) is 8.37. The molecule has 1 amide bonds. The standard InChI is InChI=1S/C20H23FN2O2/c1-13(2)20(15-8-10-16(21)11-9-15)22-12-19(25)23-18-7-5-4-6-17(18)14(3)24/h4-11,13,20,22H,12H2,1-3H3,(H,23,25)/p+1/t20-/m1/s1. The number of hydrogen-bond donors (Lipinski definition) is 2. The van der Waals surface area contributed by atoms with Gasteiger partial charge in [-0.05, 0) is 31.2 Å². The molecule has 25 heavy (non-hydrogen) atoms. The van der Waals surface area contributed by atoms with Crippen molar-refractivity contribution in [2.45, 2.75) is 26.8 Å². The van der Waals surface area contributed by atoms with Gasteiger partial charge in [0.1, 0.15) is 11.9 Å². The van der Waals surface area contributed by atoms with E-state index in [2.05, 4.69) is 19.2 Å². The highest BCUT2D eigenvalue weighted by Crippen LogP contribution is 2.18. The molecule has 0 aliphatic heterocycles. The van der Waals surface area contributed by atoms with Crippen molar-refractivity contribution >= 4 is 17.4 Å². The minimum atomic E-state index is -0.273. The van der Waals surface area contributed by atoms with Gasteiger partial charge in [-0.3, -0.25) is 9.59 Å². The second-order valence-electron chi connectivity index (χ2n) is 6.41. The zero-order valence-corrected chi connectivity index (χ0v) is 14.8. The maximum absolute atomic E-state index is 13.1. The van der Waals surface area contributed by atoms with Crippen LogP contribution in [-0.2, 0) is 4.79 Å². The first kappa shape index (κ1) is 18.8. The van der Waals surface area contributed by atoms with Crippen LogP contribution in [0, 0.1) is 11.7 Å². The molecule has 2 rings (SSSR count). The highest BCUT2D eigenvalue weighted by Gasteiger charge is 2.21. The van der Waals surface area contributed by atoms with Crippen molar-refractivity contribution in [1.82, 2.24) is 0 Å². The van der Waals surface area contributed by atoms with Crippen molar-refractivity contribution in [3.05, 3.63) is 65.5 Å². The largest absolute Gasteiger partial charge is 0.332 e. The molecule has 0 aromatic heterocycles. The molecule has 4 nitrogen and oxygen atoms in total. The average Bonchev–Trinajstić information content (AvgIpc) is 2.56. The zero-order valence-electron chi connectivity index (χ0n) is 14.8. The smallest absolute Gasteiger partial charge is 0.279 e. The van der Waals surface area contributed by atoms with E-state index in [1.807, 2.05) is 5.32 Å². The highest BCUT2D eigenvalue weighted by molar-refractivity contribution is 6.03. The summed E-state index contributed by atoms with van der Waals surface area (Å²) in [5.41, 5.74) is 2.00. The number of hydrogen-bond acceptors (Lipinski definition) is 2. The lowest BCUT2D eigenvalue weighted by atomic mass is 9.96. The Morgan fingerprint density at radius 2 is 1.72 bits per heavy atom. The predicted octanol–water partition coefficient (Wildman–Crippen LogP) is 2.93. The second-order valence-corrected chi connectivity index (χ2v) is 6.41. The number of carbonyl (C=O) groups excluding carboxylic acids is 2. The lowest BCUT2D eigenvalue weighted by Gasteiger charge is -2.19. The van der Waals surface area contributed by atoms with Crippen LogP contribution in [0.15, 0.2) is 48.5 Å². The van der Waals surface area contributed by atoms with Gasteiger partial charge < -0.3 is 10.6 Å². The van der Waals surface area contributed by atoms with E-state index >= 15 is 0 Å². The summed E-state index contributed by atoms with van der Waals surface area (Å²) >= 11 is 0. The van der Waals surface area contributed by atoms with E-state index in [9.17, 15) is 14.0 Å². The zero-order chi connectivity index (χ0) is 18.4. The van der Waals surface area contributed by atoms with Crippen LogP contribution in [0.3, 0.4) is 0 Å². The van der Waals surface area contributed by atoms with E-state index < -0.39 is 0 Å². The number of nitrogens with one attached hydrogen (secondary N) is 1. The number of carbonyl (C=O) groups is 2. The van der Waals surface area contributed by atoms with Crippen LogP contribution in [0.1, 0.15) is 42.7 Å². The van der Waals surface area contributed by atoms with Gasteiger partial charge in [-0.15, -0.1) is 0 Å². The molecule has 0 unspecified atom stereocenters. The summed E-state index contributed by atoms with van der Waals surface area (Å²) in [6.07, 6.45) is 0. The van der Waals surface area contributed by atoms with Crippen molar-refractivity contribution in [2.75, 3.05) is 11.9 Å². The maximum Gasteiger partial charge on any atom is 0.279 e. The number of benzene rings is 2. The van der Waals surface area contributed by atoms with Crippen LogP contribution in [0.5, 0.6) is 0 Å². The molecule has 0 heterocycles. The molecule has 0 aliphatic rings. The van der Waals surface area contributed by atoms with Gasteiger partial charge in [0.25, 0.3) is 5.91 Å². The van der Waals surface area contributed by atoms with Crippen LogP contribution >= 0.6 is 0 Å². The molecule has 0 spiro atoms. The number of para-hydroxylation sites is 1. The molecule has 0 fully saturated rings. The summed E-state index contributed by atoms with van der Waals surface area (Å²) in [6, 6.07) is 13.4. The molecule has 0 bridgehead atoms. The number of amides is 1. The molecular weight excluding hydrogens is 319 g/mol.